The highest BCUT2D eigenvalue weighted by Crippen LogP contribution is 2.30. The largest absolute Gasteiger partial charge is 0.265 e. The standard InChI is InChI=1S/C16H13N3/c1-7-17-8-2-13(1)16(14-3-9-18-10-4-14)15-5-11-19-12-6-15/h1-12,16H. The monoisotopic (exact) mass is 247 g/mol. The van der Waals surface area contributed by atoms with Crippen molar-refractivity contribution in [2.45, 2.75) is 5.92 Å². The van der Waals surface area contributed by atoms with Crippen LogP contribution in [0.4, 0.5) is 0 Å². The second-order valence-corrected chi connectivity index (χ2v) is 4.27. The first-order chi connectivity index (χ1) is 9.45. The van der Waals surface area contributed by atoms with E-state index in [9.17, 15) is 0 Å². The molecule has 0 N–H and O–H groups in total. The first-order valence-electron chi connectivity index (χ1n) is 6.15. The van der Waals surface area contributed by atoms with E-state index in [4.69, 9.17) is 0 Å². The van der Waals surface area contributed by atoms with E-state index in [1.165, 1.54) is 16.7 Å². The molecule has 0 radical (unpaired) electrons. The van der Waals surface area contributed by atoms with Gasteiger partial charge in [0.15, 0.2) is 0 Å². The fourth-order valence-corrected chi connectivity index (χ4v) is 2.25. The predicted molar refractivity (Wildman–Crippen MR) is 73.7 cm³/mol. The van der Waals surface area contributed by atoms with Crippen molar-refractivity contribution in [3.05, 3.63) is 90.3 Å². The van der Waals surface area contributed by atoms with Crippen molar-refractivity contribution >= 4 is 0 Å². The molecule has 19 heavy (non-hydrogen) atoms. The summed E-state index contributed by atoms with van der Waals surface area (Å²) in [5.74, 6) is 0.189. The number of pyridine rings is 3. The van der Waals surface area contributed by atoms with Crippen LogP contribution in [0.25, 0.3) is 0 Å². The quantitative estimate of drug-likeness (QED) is 0.714. The molecule has 0 aliphatic heterocycles. The third kappa shape index (κ3) is 2.50. The van der Waals surface area contributed by atoms with Crippen LogP contribution in [0.5, 0.6) is 0 Å². The zero-order valence-electron chi connectivity index (χ0n) is 10.3. The molecule has 0 saturated heterocycles. The Hall–Kier alpha value is -2.55. The minimum Gasteiger partial charge on any atom is -0.265 e. The molecule has 0 aliphatic rings. The molecule has 0 unspecified atom stereocenters. The number of hydrogen-bond donors (Lipinski definition) is 0. The molecular weight excluding hydrogens is 234 g/mol. The van der Waals surface area contributed by atoms with Crippen molar-refractivity contribution in [1.82, 2.24) is 15.0 Å². The SMILES string of the molecule is c1cc(C(c2ccncc2)c2ccncc2)ccn1. The van der Waals surface area contributed by atoms with Gasteiger partial charge >= 0.3 is 0 Å². The minimum atomic E-state index is 0.189. The van der Waals surface area contributed by atoms with Crippen LogP contribution >= 0.6 is 0 Å². The number of nitrogens with zero attached hydrogens (tertiary/aromatic N) is 3. The summed E-state index contributed by atoms with van der Waals surface area (Å²) in [5, 5.41) is 0. The van der Waals surface area contributed by atoms with Crippen LogP contribution in [0.3, 0.4) is 0 Å². The van der Waals surface area contributed by atoms with Gasteiger partial charge < -0.3 is 0 Å². The number of hydrogen-bond acceptors (Lipinski definition) is 3. The maximum Gasteiger partial charge on any atom is 0.0343 e. The predicted octanol–water partition coefficient (Wildman–Crippen LogP) is 3.05. The summed E-state index contributed by atoms with van der Waals surface area (Å²) in [6.45, 7) is 0. The highest BCUT2D eigenvalue weighted by Gasteiger charge is 2.15. The minimum absolute atomic E-state index is 0.189. The van der Waals surface area contributed by atoms with Crippen molar-refractivity contribution in [2.24, 2.45) is 0 Å². The molecule has 0 amide bonds. The third-order valence-corrected chi connectivity index (χ3v) is 3.12. The van der Waals surface area contributed by atoms with Gasteiger partial charge in [0.25, 0.3) is 0 Å². The lowest BCUT2D eigenvalue weighted by molar-refractivity contribution is 0.958. The van der Waals surface area contributed by atoms with Crippen molar-refractivity contribution in [1.29, 1.82) is 0 Å². The van der Waals surface area contributed by atoms with E-state index in [1.807, 2.05) is 73.6 Å². The zero-order valence-corrected chi connectivity index (χ0v) is 10.3. The van der Waals surface area contributed by atoms with Gasteiger partial charge in [0.2, 0.25) is 0 Å². The smallest absolute Gasteiger partial charge is 0.0343 e. The van der Waals surface area contributed by atoms with Gasteiger partial charge in [0.05, 0.1) is 0 Å². The molecule has 3 rings (SSSR count). The lowest BCUT2D eigenvalue weighted by atomic mass is 9.87. The van der Waals surface area contributed by atoms with Gasteiger partial charge in [-0.3, -0.25) is 15.0 Å². The van der Waals surface area contributed by atoms with Crippen LogP contribution in [0.1, 0.15) is 22.6 Å². The first-order valence-corrected chi connectivity index (χ1v) is 6.15. The van der Waals surface area contributed by atoms with Gasteiger partial charge in [-0.15, -0.1) is 0 Å². The lowest BCUT2D eigenvalue weighted by Gasteiger charge is -2.18. The van der Waals surface area contributed by atoms with Gasteiger partial charge in [-0.05, 0) is 53.1 Å². The zero-order chi connectivity index (χ0) is 12.9. The topological polar surface area (TPSA) is 38.7 Å². The molecule has 0 aromatic carbocycles. The summed E-state index contributed by atoms with van der Waals surface area (Å²) >= 11 is 0. The molecule has 0 fully saturated rings. The molecule has 0 aliphatic carbocycles. The van der Waals surface area contributed by atoms with Crippen LogP contribution in [-0.4, -0.2) is 15.0 Å². The van der Waals surface area contributed by atoms with Gasteiger partial charge in [0.1, 0.15) is 0 Å². The van der Waals surface area contributed by atoms with E-state index in [0.29, 0.717) is 0 Å². The molecule has 3 aromatic heterocycles. The first kappa shape index (κ1) is 11.5. The Morgan fingerprint density at radius 1 is 0.474 bits per heavy atom. The molecule has 0 spiro atoms. The Morgan fingerprint density at radius 3 is 1.00 bits per heavy atom. The summed E-state index contributed by atoms with van der Waals surface area (Å²) in [6.07, 6.45) is 10.9. The second-order valence-electron chi connectivity index (χ2n) is 4.27. The molecule has 0 bridgehead atoms. The summed E-state index contributed by atoms with van der Waals surface area (Å²) in [5.41, 5.74) is 3.65. The Balaban J connectivity index is 2.12. The number of rotatable bonds is 3. The van der Waals surface area contributed by atoms with E-state index in [-0.39, 0.29) is 5.92 Å². The van der Waals surface area contributed by atoms with Gasteiger partial charge in [-0.2, -0.15) is 0 Å². The van der Waals surface area contributed by atoms with E-state index in [2.05, 4.69) is 15.0 Å². The molecule has 0 saturated carbocycles. The number of aromatic nitrogens is 3. The molecule has 3 aromatic rings. The van der Waals surface area contributed by atoms with Gasteiger partial charge in [-0.25, -0.2) is 0 Å². The average molecular weight is 247 g/mol. The van der Waals surface area contributed by atoms with Crippen LogP contribution in [0.15, 0.2) is 73.6 Å². The van der Waals surface area contributed by atoms with Crippen molar-refractivity contribution in [2.75, 3.05) is 0 Å². The third-order valence-electron chi connectivity index (χ3n) is 3.12. The fraction of sp³-hybridized carbons (Fsp3) is 0.0625. The summed E-state index contributed by atoms with van der Waals surface area (Å²) in [6, 6.07) is 12.3. The Labute approximate surface area is 112 Å². The molecule has 92 valence electrons. The molecule has 3 nitrogen and oxygen atoms in total. The van der Waals surface area contributed by atoms with E-state index < -0.39 is 0 Å². The fourth-order valence-electron chi connectivity index (χ4n) is 2.25. The van der Waals surface area contributed by atoms with Crippen LogP contribution in [-0.2, 0) is 0 Å². The Bertz CT molecular complexity index is 530. The molecule has 3 heteroatoms. The highest BCUT2D eigenvalue weighted by molar-refractivity contribution is 5.40. The molecule has 0 atom stereocenters. The second kappa shape index (κ2) is 5.40. The Morgan fingerprint density at radius 2 is 0.737 bits per heavy atom. The van der Waals surface area contributed by atoms with Gasteiger partial charge in [0, 0.05) is 43.1 Å². The van der Waals surface area contributed by atoms with Crippen molar-refractivity contribution in [3.8, 4) is 0 Å². The average Bonchev–Trinajstić information content (AvgIpc) is 2.51. The maximum absolute atomic E-state index is 4.09. The Kier molecular flexibility index (Phi) is 3.28. The molecular formula is C16H13N3. The van der Waals surface area contributed by atoms with E-state index in [0.717, 1.165) is 0 Å². The van der Waals surface area contributed by atoms with Crippen LogP contribution in [0.2, 0.25) is 0 Å². The summed E-state index contributed by atoms with van der Waals surface area (Å²) in [4.78, 5) is 12.3. The van der Waals surface area contributed by atoms with Crippen molar-refractivity contribution < 1.29 is 0 Å². The van der Waals surface area contributed by atoms with E-state index in [1.54, 1.807) is 0 Å². The van der Waals surface area contributed by atoms with E-state index >= 15 is 0 Å². The summed E-state index contributed by atoms with van der Waals surface area (Å²) < 4.78 is 0. The molecule has 3 heterocycles. The van der Waals surface area contributed by atoms with Crippen LogP contribution < -0.4 is 0 Å². The lowest BCUT2D eigenvalue weighted by Crippen LogP contribution is -2.03. The van der Waals surface area contributed by atoms with Crippen molar-refractivity contribution in [3.63, 3.8) is 0 Å². The van der Waals surface area contributed by atoms with Gasteiger partial charge in [-0.1, -0.05) is 0 Å². The summed E-state index contributed by atoms with van der Waals surface area (Å²) in [7, 11) is 0. The van der Waals surface area contributed by atoms with Crippen LogP contribution in [0, 0.1) is 0 Å². The highest BCUT2D eigenvalue weighted by atomic mass is 14.6. The normalized spacial score (nSPS) is 10.6. The maximum atomic E-state index is 4.09.